The molecular weight excluding hydrogens is 213 g/mol. The van der Waals surface area contributed by atoms with Crippen molar-refractivity contribution in [3.63, 3.8) is 0 Å². The first-order valence-corrected chi connectivity index (χ1v) is 5.22. The van der Waals surface area contributed by atoms with Gasteiger partial charge in [-0.15, -0.1) is 0 Å². The van der Waals surface area contributed by atoms with Gasteiger partial charge in [-0.2, -0.15) is 5.26 Å². The number of hydrogen-bond donors (Lipinski definition) is 0. The van der Waals surface area contributed by atoms with Crippen LogP contribution in [0.2, 0.25) is 5.02 Å². The highest BCUT2D eigenvalue weighted by Gasteiger charge is 2.52. The largest absolute Gasteiger partial charge is 0.207 e. The average molecular weight is 224 g/mol. The maximum Gasteiger partial charge on any atom is 0.126 e. The highest BCUT2D eigenvalue weighted by atomic mass is 35.5. The van der Waals surface area contributed by atoms with Crippen molar-refractivity contribution < 1.29 is 4.39 Å². The van der Waals surface area contributed by atoms with Crippen LogP contribution < -0.4 is 0 Å². The van der Waals surface area contributed by atoms with Crippen LogP contribution in [0.25, 0.3) is 0 Å². The fourth-order valence-corrected chi connectivity index (χ4v) is 2.22. The molecule has 0 heterocycles. The van der Waals surface area contributed by atoms with Crippen molar-refractivity contribution >= 4 is 11.6 Å². The summed E-state index contributed by atoms with van der Waals surface area (Å²) in [5.41, 5.74) is 0.956. The molecule has 0 N–H and O–H groups in total. The lowest BCUT2D eigenvalue weighted by Crippen LogP contribution is -1.95. The molecule has 1 aromatic rings. The van der Waals surface area contributed by atoms with Crippen LogP contribution >= 0.6 is 11.6 Å². The van der Waals surface area contributed by atoms with Crippen molar-refractivity contribution in [3.8, 4) is 6.07 Å². The van der Waals surface area contributed by atoms with Crippen LogP contribution in [0.3, 0.4) is 0 Å². The molecule has 0 saturated heterocycles. The Balaban J connectivity index is 2.40. The van der Waals surface area contributed by atoms with E-state index < -0.39 is 0 Å². The minimum absolute atomic E-state index is 0.0881. The predicted molar refractivity (Wildman–Crippen MR) is 57.2 cm³/mol. The molecule has 2 rings (SSSR count). The second kappa shape index (κ2) is 3.21. The highest BCUT2D eigenvalue weighted by Crippen LogP contribution is 2.59. The van der Waals surface area contributed by atoms with Gasteiger partial charge < -0.3 is 0 Å². The lowest BCUT2D eigenvalue weighted by molar-refractivity contribution is 0.614. The first-order chi connectivity index (χ1) is 6.98. The second-order valence-corrected chi connectivity index (χ2v) is 4.82. The number of aryl methyl sites for hydroxylation is 1. The first-order valence-electron chi connectivity index (χ1n) is 4.85. The van der Waals surface area contributed by atoms with Gasteiger partial charge in [-0.05, 0) is 43.5 Å². The van der Waals surface area contributed by atoms with E-state index in [1.165, 1.54) is 6.07 Å². The van der Waals surface area contributed by atoms with Crippen LogP contribution in [-0.2, 0) is 0 Å². The summed E-state index contributed by atoms with van der Waals surface area (Å²) < 4.78 is 13.4. The molecule has 2 atom stereocenters. The molecule has 1 saturated carbocycles. The molecular formula is C12H11ClFN. The first kappa shape index (κ1) is 10.4. The third-order valence-electron chi connectivity index (χ3n) is 3.15. The quantitative estimate of drug-likeness (QED) is 0.710. The molecule has 0 amide bonds. The number of rotatable bonds is 1. The molecule has 1 aliphatic carbocycles. The van der Waals surface area contributed by atoms with Gasteiger partial charge in [0.25, 0.3) is 0 Å². The maximum atomic E-state index is 13.4. The number of nitriles is 1. The van der Waals surface area contributed by atoms with E-state index in [1.54, 1.807) is 13.0 Å². The van der Waals surface area contributed by atoms with Crippen LogP contribution in [0.15, 0.2) is 12.1 Å². The Morgan fingerprint density at radius 1 is 1.60 bits per heavy atom. The summed E-state index contributed by atoms with van der Waals surface area (Å²) in [7, 11) is 0. The Labute approximate surface area is 93.5 Å². The van der Waals surface area contributed by atoms with Crippen molar-refractivity contribution in [1.82, 2.24) is 0 Å². The predicted octanol–water partition coefficient (Wildman–Crippen LogP) is 3.80. The van der Waals surface area contributed by atoms with Gasteiger partial charge in [0.1, 0.15) is 5.82 Å². The monoisotopic (exact) mass is 223 g/mol. The van der Waals surface area contributed by atoms with Gasteiger partial charge in [-0.1, -0.05) is 11.6 Å². The minimum atomic E-state index is -0.356. The molecule has 1 nitrogen and oxygen atoms in total. The summed E-state index contributed by atoms with van der Waals surface area (Å²) in [4.78, 5) is 0. The summed E-state index contributed by atoms with van der Waals surface area (Å²) in [5.74, 6) is -0.160. The van der Waals surface area contributed by atoms with Gasteiger partial charge in [0, 0.05) is 10.9 Å². The van der Waals surface area contributed by atoms with Crippen LogP contribution in [0, 0.1) is 29.5 Å². The van der Waals surface area contributed by atoms with Gasteiger partial charge in [0.05, 0.1) is 11.5 Å². The topological polar surface area (TPSA) is 23.8 Å². The van der Waals surface area contributed by atoms with E-state index in [4.69, 9.17) is 16.9 Å². The third kappa shape index (κ3) is 1.61. The summed E-state index contributed by atoms with van der Waals surface area (Å²) >= 11 is 6.04. The molecule has 0 bridgehead atoms. The summed E-state index contributed by atoms with van der Waals surface area (Å²) in [5, 5.41) is 9.49. The van der Waals surface area contributed by atoms with Gasteiger partial charge in [0.15, 0.2) is 0 Å². The Kier molecular flexibility index (Phi) is 2.24. The van der Waals surface area contributed by atoms with Gasteiger partial charge >= 0.3 is 0 Å². The SMILES string of the molecule is Cc1cc(Cl)c(C2CC2(C)C#N)cc1F. The normalized spacial score (nSPS) is 28.6. The molecule has 0 radical (unpaired) electrons. The zero-order valence-electron chi connectivity index (χ0n) is 8.64. The molecule has 2 unspecified atom stereocenters. The minimum Gasteiger partial charge on any atom is -0.207 e. The number of hydrogen-bond acceptors (Lipinski definition) is 1. The molecule has 15 heavy (non-hydrogen) atoms. The summed E-state index contributed by atoms with van der Waals surface area (Å²) in [6.07, 6.45) is 0.770. The van der Waals surface area contributed by atoms with E-state index in [0.29, 0.717) is 10.6 Å². The van der Waals surface area contributed by atoms with Crippen molar-refractivity contribution in [1.29, 1.82) is 5.26 Å². The van der Waals surface area contributed by atoms with Gasteiger partial charge in [-0.25, -0.2) is 4.39 Å². The van der Waals surface area contributed by atoms with E-state index in [-0.39, 0.29) is 17.2 Å². The Morgan fingerprint density at radius 2 is 2.27 bits per heavy atom. The van der Waals surface area contributed by atoms with Crippen molar-refractivity contribution in [2.24, 2.45) is 5.41 Å². The molecule has 0 spiro atoms. The van der Waals surface area contributed by atoms with Gasteiger partial charge in [0.2, 0.25) is 0 Å². The molecule has 78 valence electrons. The summed E-state index contributed by atoms with van der Waals surface area (Å²) in [6, 6.07) is 5.33. The van der Waals surface area contributed by atoms with E-state index in [9.17, 15) is 4.39 Å². The molecule has 0 aromatic heterocycles. The van der Waals surface area contributed by atoms with Crippen LogP contribution in [-0.4, -0.2) is 0 Å². The lowest BCUT2D eigenvalue weighted by atomic mass is 10.0. The summed E-state index contributed by atoms with van der Waals surface area (Å²) in [6.45, 7) is 3.56. The fraction of sp³-hybridized carbons (Fsp3) is 0.417. The van der Waals surface area contributed by atoms with E-state index in [0.717, 1.165) is 12.0 Å². The fourth-order valence-electron chi connectivity index (χ4n) is 1.87. The smallest absolute Gasteiger partial charge is 0.126 e. The van der Waals surface area contributed by atoms with Crippen molar-refractivity contribution in [2.75, 3.05) is 0 Å². The van der Waals surface area contributed by atoms with E-state index in [1.807, 2.05) is 6.92 Å². The zero-order chi connectivity index (χ0) is 11.2. The van der Waals surface area contributed by atoms with Crippen LogP contribution in [0.1, 0.15) is 30.4 Å². The van der Waals surface area contributed by atoms with Crippen molar-refractivity contribution in [2.45, 2.75) is 26.2 Å². The molecule has 0 aliphatic heterocycles. The Bertz CT molecular complexity index is 463. The van der Waals surface area contributed by atoms with E-state index in [2.05, 4.69) is 6.07 Å². The zero-order valence-corrected chi connectivity index (χ0v) is 9.40. The van der Waals surface area contributed by atoms with E-state index >= 15 is 0 Å². The lowest BCUT2D eigenvalue weighted by Gasteiger charge is -2.06. The standard InChI is InChI=1S/C12H11ClFN/c1-7-3-10(13)8(4-11(7)14)9-5-12(9,2)6-15/h3-4,9H,5H2,1-2H3. The Hall–Kier alpha value is -1.07. The number of benzene rings is 1. The molecule has 1 fully saturated rings. The maximum absolute atomic E-state index is 13.4. The van der Waals surface area contributed by atoms with Crippen molar-refractivity contribution in [3.05, 3.63) is 34.1 Å². The molecule has 1 aromatic carbocycles. The third-order valence-corrected chi connectivity index (χ3v) is 3.47. The highest BCUT2D eigenvalue weighted by molar-refractivity contribution is 6.31. The molecule has 1 aliphatic rings. The number of nitrogens with zero attached hydrogens (tertiary/aromatic N) is 1. The second-order valence-electron chi connectivity index (χ2n) is 4.41. The van der Waals surface area contributed by atoms with Gasteiger partial charge in [-0.3, -0.25) is 0 Å². The number of halogens is 2. The van der Waals surface area contributed by atoms with Crippen LogP contribution in [0.4, 0.5) is 4.39 Å². The average Bonchev–Trinajstić information content (AvgIpc) is 2.85. The Morgan fingerprint density at radius 3 is 2.80 bits per heavy atom. The van der Waals surface area contributed by atoms with Crippen LogP contribution in [0.5, 0.6) is 0 Å². The molecule has 3 heteroatoms.